The normalized spacial score (nSPS) is 13.8. The van der Waals surface area contributed by atoms with Crippen molar-refractivity contribution in [3.8, 4) is 22.8 Å². The summed E-state index contributed by atoms with van der Waals surface area (Å²) >= 11 is 0. The zero-order chi connectivity index (χ0) is 24.8. The lowest BCUT2D eigenvalue weighted by molar-refractivity contribution is -0.143. The Bertz CT molecular complexity index is 1250. The minimum atomic E-state index is -5.03. The molecule has 13 heteroatoms. The fraction of sp³-hybridized carbons (Fsp3) is 0.238. The summed E-state index contributed by atoms with van der Waals surface area (Å²) in [4.78, 5) is 28.1. The molecule has 3 aromatic rings. The predicted octanol–water partition coefficient (Wildman–Crippen LogP) is 4.81. The van der Waals surface area contributed by atoms with Gasteiger partial charge < -0.3 is 14.5 Å². The molecule has 2 heterocycles. The van der Waals surface area contributed by atoms with E-state index in [0.29, 0.717) is 35.4 Å². The van der Waals surface area contributed by atoms with Crippen LogP contribution in [0, 0.1) is 0 Å². The van der Waals surface area contributed by atoms with Gasteiger partial charge in [0.2, 0.25) is 11.7 Å². The molecule has 0 aliphatic carbocycles. The van der Waals surface area contributed by atoms with E-state index in [-0.39, 0.29) is 18.4 Å². The number of aliphatic carboxylic acids is 1. The van der Waals surface area contributed by atoms with E-state index in [1.807, 2.05) is 0 Å². The summed E-state index contributed by atoms with van der Waals surface area (Å²) in [6, 6.07) is 5.57. The number of hydrogen-bond donors (Lipinski definition) is 1. The molecule has 34 heavy (non-hydrogen) atoms. The first kappa shape index (κ1) is 23.3. The highest BCUT2D eigenvalue weighted by molar-refractivity contribution is 6.04. The van der Waals surface area contributed by atoms with Crippen LogP contribution in [0.5, 0.6) is 0 Å². The average Bonchev–Trinajstić information content (AvgIpc) is 3.38. The molecule has 0 atom stereocenters. The van der Waals surface area contributed by atoms with Crippen molar-refractivity contribution in [1.82, 2.24) is 10.1 Å². The van der Waals surface area contributed by atoms with Crippen molar-refractivity contribution in [2.75, 3.05) is 11.4 Å². The molecule has 0 bridgehead atoms. The number of nitrogens with zero attached hydrogens (tertiary/aromatic N) is 3. The maximum absolute atomic E-state index is 13.1. The van der Waals surface area contributed by atoms with E-state index < -0.39 is 53.2 Å². The number of carboxylic acids is 1. The van der Waals surface area contributed by atoms with Gasteiger partial charge in [-0.1, -0.05) is 5.16 Å². The lowest BCUT2D eigenvalue weighted by Crippen LogP contribution is -2.30. The van der Waals surface area contributed by atoms with Crippen molar-refractivity contribution in [1.29, 1.82) is 0 Å². The number of fused-ring (bicyclic) bond motifs is 1. The third-order valence-corrected chi connectivity index (χ3v) is 5.10. The number of carbonyl (C=O) groups excluding carboxylic acids is 1. The summed E-state index contributed by atoms with van der Waals surface area (Å²) in [5, 5.41) is 12.5. The van der Waals surface area contributed by atoms with Crippen LogP contribution < -0.4 is 4.90 Å². The molecule has 1 aromatic heterocycles. The number of carboxylic acid groups (broad SMARTS) is 1. The molecule has 2 aromatic carbocycles. The van der Waals surface area contributed by atoms with Gasteiger partial charge in [0.1, 0.15) is 6.42 Å². The Hall–Kier alpha value is -3.90. The second-order valence-corrected chi connectivity index (χ2v) is 7.43. The number of anilines is 1. The quantitative estimate of drug-likeness (QED) is 0.421. The van der Waals surface area contributed by atoms with Gasteiger partial charge in [-0.05, 0) is 48.4 Å². The molecular formula is C21H13F6N3O4. The molecule has 0 saturated carbocycles. The minimum absolute atomic E-state index is 0.00131. The molecule has 1 aliphatic heterocycles. The molecular weight excluding hydrogens is 472 g/mol. The Morgan fingerprint density at radius 3 is 2.21 bits per heavy atom. The predicted molar refractivity (Wildman–Crippen MR) is 103 cm³/mol. The van der Waals surface area contributed by atoms with Crippen LogP contribution in [0.25, 0.3) is 22.8 Å². The summed E-state index contributed by atoms with van der Waals surface area (Å²) in [5.74, 6) is -2.48. The smallest absolute Gasteiger partial charge is 0.416 e. The number of halogens is 6. The number of benzene rings is 2. The third-order valence-electron chi connectivity index (χ3n) is 5.10. The fourth-order valence-electron chi connectivity index (χ4n) is 3.56. The van der Waals surface area contributed by atoms with E-state index >= 15 is 0 Å². The number of aromatic nitrogens is 2. The van der Waals surface area contributed by atoms with E-state index in [0.717, 1.165) is 0 Å². The van der Waals surface area contributed by atoms with Crippen molar-refractivity contribution in [2.45, 2.75) is 25.2 Å². The molecule has 0 saturated heterocycles. The van der Waals surface area contributed by atoms with Gasteiger partial charge in [0.05, 0.1) is 11.1 Å². The summed E-state index contributed by atoms with van der Waals surface area (Å²) in [5.41, 5.74) is -2.06. The molecule has 1 amide bonds. The van der Waals surface area contributed by atoms with Crippen LogP contribution >= 0.6 is 0 Å². The summed E-state index contributed by atoms with van der Waals surface area (Å²) in [7, 11) is 0. The topological polar surface area (TPSA) is 96.5 Å². The Morgan fingerprint density at radius 1 is 0.971 bits per heavy atom. The van der Waals surface area contributed by atoms with Gasteiger partial charge in [0, 0.05) is 23.4 Å². The number of hydrogen-bond acceptors (Lipinski definition) is 5. The summed E-state index contributed by atoms with van der Waals surface area (Å²) < 4.78 is 83.6. The van der Waals surface area contributed by atoms with Gasteiger partial charge >= 0.3 is 18.3 Å². The Labute approximate surface area is 186 Å². The van der Waals surface area contributed by atoms with Crippen LogP contribution in [-0.2, 0) is 28.4 Å². The number of alkyl halides is 6. The molecule has 1 N–H and O–H groups in total. The van der Waals surface area contributed by atoms with Crippen molar-refractivity contribution in [3.05, 3.63) is 53.1 Å². The lowest BCUT2D eigenvalue weighted by atomic mass is 10.0. The summed E-state index contributed by atoms with van der Waals surface area (Å²) in [6.45, 7) is 0.257. The standard InChI is InChI=1S/C21H13F6N3O4/c22-20(23,24)13-6-12(7-14(8-13)21(25,26)27)19-28-18(29-34-19)11-1-2-15-10(5-11)3-4-30(15)16(31)9-17(32)33/h1-2,5-8H,3-4,9H2,(H,32,33). The van der Waals surface area contributed by atoms with Gasteiger partial charge in [-0.15, -0.1) is 0 Å². The highest BCUT2D eigenvalue weighted by Gasteiger charge is 2.37. The van der Waals surface area contributed by atoms with Gasteiger partial charge in [-0.3, -0.25) is 9.59 Å². The van der Waals surface area contributed by atoms with Gasteiger partial charge in [0.25, 0.3) is 5.89 Å². The van der Waals surface area contributed by atoms with Gasteiger partial charge in [-0.25, -0.2) is 0 Å². The second-order valence-electron chi connectivity index (χ2n) is 7.43. The monoisotopic (exact) mass is 485 g/mol. The van der Waals surface area contributed by atoms with Crippen LogP contribution in [-0.4, -0.2) is 33.7 Å². The highest BCUT2D eigenvalue weighted by Crippen LogP contribution is 2.39. The molecule has 7 nitrogen and oxygen atoms in total. The zero-order valence-corrected chi connectivity index (χ0v) is 16.9. The first-order valence-electron chi connectivity index (χ1n) is 9.62. The number of amides is 1. The van der Waals surface area contributed by atoms with E-state index in [1.165, 1.54) is 17.0 Å². The van der Waals surface area contributed by atoms with Crippen LogP contribution in [0.3, 0.4) is 0 Å². The first-order valence-corrected chi connectivity index (χ1v) is 9.62. The molecule has 0 unspecified atom stereocenters. The van der Waals surface area contributed by atoms with Crippen molar-refractivity contribution in [2.24, 2.45) is 0 Å². The van der Waals surface area contributed by atoms with E-state index in [9.17, 15) is 35.9 Å². The minimum Gasteiger partial charge on any atom is -0.481 e. The molecule has 4 rings (SSSR count). The van der Waals surface area contributed by atoms with Crippen molar-refractivity contribution >= 4 is 17.6 Å². The van der Waals surface area contributed by atoms with Crippen LogP contribution in [0.15, 0.2) is 40.9 Å². The third kappa shape index (κ3) is 4.58. The lowest BCUT2D eigenvalue weighted by Gasteiger charge is -2.16. The largest absolute Gasteiger partial charge is 0.481 e. The highest BCUT2D eigenvalue weighted by atomic mass is 19.4. The van der Waals surface area contributed by atoms with Crippen molar-refractivity contribution in [3.63, 3.8) is 0 Å². The molecule has 0 radical (unpaired) electrons. The van der Waals surface area contributed by atoms with Crippen LogP contribution in [0.4, 0.5) is 32.0 Å². The van der Waals surface area contributed by atoms with Gasteiger partial charge in [0.15, 0.2) is 0 Å². The van der Waals surface area contributed by atoms with Crippen LogP contribution in [0.1, 0.15) is 23.1 Å². The second kappa shape index (κ2) is 8.15. The Balaban J connectivity index is 1.66. The fourth-order valence-corrected chi connectivity index (χ4v) is 3.56. The Morgan fingerprint density at radius 2 is 1.62 bits per heavy atom. The maximum atomic E-state index is 13.1. The molecule has 0 spiro atoms. The molecule has 178 valence electrons. The average molecular weight is 485 g/mol. The summed E-state index contributed by atoms with van der Waals surface area (Å²) in [6.07, 6.45) is -10.3. The first-order chi connectivity index (χ1) is 15.8. The molecule has 1 aliphatic rings. The van der Waals surface area contributed by atoms with Gasteiger partial charge in [-0.2, -0.15) is 31.3 Å². The van der Waals surface area contributed by atoms with E-state index in [4.69, 9.17) is 9.63 Å². The van der Waals surface area contributed by atoms with Crippen molar-refractivity contribution < 1.29 is 45.6 Å². The zero-order valence-electron chi connectivity index (χ0n) is 16.9. The molecule has 0 fully saturated rings. The van der Waals surface area contributed by atoms with E-state index in [1.54, 1.807) is 6.07 Å². The number of rotatable bonds is 4. The SMILES string of the molecule is O=C(O)CC(=O)N1CCc2cc(-c3noc(-c4cc(C(F)(F)F)cc(C(F)(F)F)c4)n3)ccc21. The Kier molecular flexibility index (Phi) is 5.58. The number of carbonyl (C=O) groups is 2. The van der Waals surface area contributed by atoms with E-state index in [2.05, 4.69) is 10.1 Å². The maximum Gasteiger partial charge on any atom is 0.416 e. The van der Waals surface area contributed by atoms with Crippen LogP contribution in [0.2, 0.25) is 0 Å².